The number of piperidine rings is 1. The van der Waals surface area contributed by atoms with Gasteiger partial charge in [-0.25, -0.2) is 9.97 Å². The van der Waals surface area contributed by atoms with Gasteiger partial charge in [-0.1, -0.05) is 15.9 Å². The Hall–Kier alpha value is -2.15. The van der Waals surface area contributed by atoms with Gasteiger partial charge < -0.3 is 15.8 Å². The number of hydrazone groups is 1. The highest BCUT2D eigenvalue weighted by molar-refractivity contribution is 9.10. The zero-order valence-corrected chi connectivity index (χ0v) is 15.1. The smallest absolute Gasteiger partial charge is 0.132 e. The lowest BCUT2D eigenvalue weighted by Crippen LogP contribution is -2.30. The summed E-state index contributed by atoms with van der Waals surface area (Å²) in [6.45, 7) is 3.84. The molecule has 1 aliphatic rings. The van der Waals surface area contributed by atoms with Crippen molar-refractivity contribution >= 4 is 27.5 Å². The maximum Gasteiger partial charge on any atom is 0.132 e. The van der Waals surface area contributed by atoms with Gasteiger partial charge in [0.2, 0.25) is 0 Å². The van der Waals surface area contributed by atoms with E-state index >= 15 is 0 Å². The monoisotopic (exact) mass is 389 g/mol. The minimum Gasteiger partial charge on any atom is -0.507 e. The first-order valence-corrected chi connectivity index (χ1v) is 8.75. The van der Waals surface area contributed by atoms with Crippen LogP contribution in [-0.2, 0) is 0 Å². The molecule has 1 fully saturated rings. The van der Waals surface area contributed by atoms with Gasteiger partial charge in [0.25, 0.3) is 0 Å². The van der Waals surface area contributed by atoms with Crippen LogP contribution in [-0.4, -0.2) is 33.9 Å². The predicted molar refractivity (Wildman–Crippen MR) is 98.5 cm³/mol. The molecule has 0 amide bonds. The summed E-state index contributed by atoms with van der Waals surface area (Å²) in [4.78, 5) is 11.3. The number of nitrogens with zero attached hydrogens (tertiary/aromatic N) is 4. The lowest BCUT2D eigenvalue weighted by atomic mass is 10.1. The topological polar surface area (TPSA) is 87.6 Å². The number of aryl methyl sites for hydroxylation is 1. The van der Waals surface area contributed by atoms with Crippen molar-refractivity contribution in [3.63, 3.8) is 0 Å². The van der Waals surface area contributed by atoms with Gasteiger partial charge in [0, 0.05) is 29.2 Å². The minimum atomic E-state index is 0.109. The van der Waals surface area contributed by atoms with E-state index in [1.165, 1.54) is 19.3 Å². The third-order valence-corrected chi connectivity index (χ3v) is 4.58. The van der Waals surface area contributed by atoms with Crippen LogP contribution in [0.5, 0.6) is 5.75 Å². The van der Waals surface area contributed by atoms with Crippen LogP contribution in [0.3, 0.4) is 0 Å². The summed E-state index contributed by atoms with van der Waals surface area (Å²) in [5.41, 5.74) is 1.59. The van der Waals surface area contributed by atoms with Crippen LogP contribution >= 0.6 is 15.9 Å². The lowest BCUT2D eigenvalue weighted by molar-refractivity contribution is 0.474. The van der Waals surface area contributed by atoms with Crippen molar-refractivity contribution in [3.8, 4) is 5.75 Å². The Labute approximate surface area is 149 Å². The van der Waals surface area contributed by atoms with E-state index in [9.17, 15) is 5.11 Å². The summed E-state index contributed by atoms with van der Waals surface area (Å²) in [6.07, 6.45) is 3.60. The molecule has 2 aromatic rings. The molecule has 1 aliphatic heterocycles. The number of phenols is 1. The number of aromatic nitrogens is 2. The Balaban J connectivity index is 2.03. The Morgan fingerprint density at radius 2 is 1.96 bits per heavy atom. The fraction of sp³-hybridized carbons (Fsp3) is 0.353. The van der Waals surface area contributed by atoms with Crippen molar-refractivity contribution < 1.29 is 5.11 Å². The average molecular weight is 390 g/mol. The van der Waals surface area contributed by atoms with E-state index in [0.717, 1.165) is 23.4 Å². The molecular weight excluding hydrogens is 370 g/mol. The highest BCUT2D eigenvalue weighted by Crippen LogP contribution is 2.26. The van der Waals surface area contributed by atoms with E-state index in [4.69, 9.17) is 5.84 Å². The van der Waals surface area contributed by atoms with Gasteiger partial charge in [-0.3, -0.25) is 0 Å². The second kappa shape index (κ2) is 7.17. The molecule has 0 aliphatic carbocycles. The van der Waals surface area contributed by atoms with Crippen molar-refractivity contribution in [2.45, 2.75) is 26.2 Å². The number of anilines is 1. The van der Waals surface area contributed by atoms with Crippen LogP contribution in [0, 0.1) is 6.92 Å². The highest BCUT2D eigenvalue weighted by Gasteiger charge is 2.18. The van der Waals surface area contributed by atoms with Gasteiger partial charge in [-0.15, -0.1) is 0 Å². The van der Waals surface area contributed by atoms with Crippen molar-refractivity contribution in [2.24, 2.45) is 10.9 Å². The van der Waals surface area contributed by atoms with E-state index in [1.807, 2.05) is 13.0 Å². The van der Waals surface area contributed by atoms with Gasteiger partial charge in [-0.2, -0.15) is 5.10 Å². The standard InChI is InChI=1S/C17H20BrN5O/c1-11-20-14(10-16(21-11)23-7-3-2-4-8-23)17(22-19)13-9-12(18)5-6-15(13)24/h5-6,9-10,24H,2-4,7-8,19H2,1H3/b22-17+. The molecule has 24 heavy (non-hydrogen) atoms. The van der Waals surface area contributed by atoms with Gasteiger partial charge in [0.1, 0.15) is 23.1 Å². The van der Waals surface area contributed by atoms with Crippen molar-refractivity contribution in [2.75, 3.05) is 18.0 Å². The molecule has 126 valence electrons. The number of rotatable bonds is 3. The number of nitrogens with two attached hydrogens (primary N) is 1. The van der Waals surface area contributed by atoms with E-state index in [-0.39, 0.29) is 5.75 Å². The third-order valence-electron chi connectivity index (χ3n) is 4.09. The molecule has 2 heterocycles. The molecular formula is C17H20BrN5O. The molecule has 0 spiro atoms. The zero-order chi connectivity index (χ0) is 17.1. The number of aromatic hydroxyl groups is 1. The van der Waals surface area contributed by atoms with E-state index < -0.39 is 0 Å². The minimum absolute atomic E-state index is 0.109. The normalized spacial score (nSPS) is 15.6. The third kappa shape index (κ3) is 3.51. The second-order valence-electron chi connectivity index (χ2n) is 5.85. The summed E-state index contributed by atoms with van der Waals surface area (Å²) in [6, 6.07) is 7.03. The summed E-state index contributed by atoms with van der Waals surface area (Å²) in [5, 5.41) is 14.1. The highest BCUT2D eigenvalue weighted by atomic mass is 79.9. The molecule has 6 nitrogen and oxygen atoms in total. The average Bonchev–Trinajstić information content (AvgIpc) is 2.59. The lowest BCUT2D eigenvalue weighted by Gasteiger charge is -2.28. The maximum absolute atomic E-state index is 10.2. The summed E-state index contributed by atoms with van der Waals surface area (Å²) in [5.74, 6) is 7.27. The van der Waals surface area contributed by atoms with Gasteiger partial charge in [0.15, 0.2) is 0 Å². The van der Waals surface area contributed by atoms with Crippen molar-refractivity contribution in [3.05, 3.63) is 45.8 Å². The number of benzene rings is 1. The van der Waals surface area contributed by atoms with E-state index in [2.05, 4.69) is 35.9 Å². The Bertz CT molecular complexity index is 772. The SMILES string of the molecule is Cc1nc(/C(=N/N)c2cc(Br)ccc2O)cc(N2CCCCC2)n1. The number of phenolic OH excluding ortho intramolecular Hbond substituents is 1. The molecule has 1 aromatic carbocycles. The summed E-state index contributed by atoms with van der Waals surface area (Å²) in [7, 11) is 0. The molecule has 3 N–H and O–H groups in total. The first-order chi connectivity index (χ1) is 11.6. The van der Waals surface area contributed by atoms with E-state index in [0.29, 0.717) is 22.8 Å². The number of hydrogen-bond donors (Lipinski definition) is 2. The van der Waals surface area contributed by atoms with Gasteiger partial charge >= 0.3 is 0 Å². The Morgan fingerprint density at radius 1 is 1.21 bits per heavy atom. The maximum atomic E-state index is 10.2. The largest absolute Gasteiger partial charge is 0.507 e. The van der Waals surface area contributed by atoms with Crippen LogP contribution in [0.25, 0.3) is 0 Å². The van der Waals surface area contributed by atoms with Crippen LogP contribution in [0.1, 0.15) is 36.3 Å². The predicted octanol–water partition coefficient (Wildman–Crippen LogP) is 2.95. The van der Waals surface area contributed by atoms with Crippen LogP contribution < -0.4 is 10.7 Å². The van der Waals surface area contributed by atoms with Crippen LogP contribution in [0.2, 0.25) is 0 Å². The Kier molecular flexibility index (Phi) is 4.99. The fourth-order valence-corrected chi connectivity index (χ4v) is 3.29. The van der Waals surface area contributed by atoms with Crippen molar-refractivity contribution in [1.82, 2.24) is 9.97 Å². The van der Waals surface area contributed by atoms with Crippen molar-refractivity contribution in [1.29, 1.82) is 0 Å². The second-order valence-corrected chi connectivity index (χ2v) is 6.76. The molecule has 1 saturated heterocycles. The zero-order valence-electron chi connectivity index (χ0n) is 13.5. The first kappa shape index (κ1) is 16.7. The Morgan fingerprint density at radius 3 is 2.67 bits per heavy atom. The molecule has 3 rings (SSSR count). The summed E-state index contributed by atoms with van der Waals surface area (Å²) < 4.78 is 0.832. The molecule has 7 heteroatoms. The van der Waals surface area contributed by atoms with Gasteiger partial charge in [0.05, 0.1) is 5.69 Å². The van der Waals surface area contributed by atoms with Crippen LogP contribution in [0.4, 0.5) is 5.82 Å². The molecule has 0 saturated carbocycles. The quantitative estimate of drug-likeness (QED) is 0.478. The van der Waals surface area contributed by atoms with Crippen LogP contribution in [0.15, 0.2) is 33.8 Å². The summed E-state index contributed by atoms with van der Waals surface area (Å²) >= 11 is 3.41. The molecule has 1 aromatic heterocycles. The van der Waals surface area contributed by atoms with Gasteiger partial charge in [-0.05, 0) is 44.4 Å². The number of halogens is 1. The molecule has 0 atom stereocenters. The number of hydrogen-bond acceptors (Lipinski definition) is 6. The first-order valence-electron chi connectivity index (χ1n) is 7.96. The fourth-order valence-electron chi connectivity index (χ4n) is 2.93. The van der Waals surface area contributed by atoms with E-state index in [1.54, 1.807) is 18.2 Å². The molecule has 0 bridgehead atoms. The molecule has 0 radical (unpaired) electrons. The molecule has 0 unspecified atom stereocenters.